The van der Waals surface area contributed by atoms with Crippen molar-refractivity contribution in [3.63, 3.8) is 0 Å². The van der Waals surface area contributed by atoms with Gasteiger partial charge in [0.25, 0.3) is 10.0 Å². The number of hydrogen-bond donors (Lipinski definition) is 0. The molecule has 2 saturated heterocycles. The Labute approximate surface area is 161 Å². The highest BCUT2D eigenvalue weighted by molar-refractivity contribution is 9.10. The molecular formula is C15H22BrN5O4S. The summed E-state index contributed by atoms with van der Waals surface area (Å²) in [4.78, 5) is 16.0. The Bertz CT molecular complexity index is 763. The van der Waals surface area contributed by atoms with Crippen molar-refractivity contribution >= 4 is 37.7 Å². The Morgan fingerprint density at radius 3 is 2.50 bits per heavy atom. The van der Waals surface area contributed by atoms with Crippen molar-refractivity contribution in [1.29, 1.82) is 0 Å². The molecular weight excluding hydrogens is 426 g/mol. The smallest absolute Gasteiger partial charge is 0.262 e. The average molecular weight is 448 g/mol. The molecule has 3 heterocycles. The van der Waals surface area contributed by atoms with Crippen molar-refractivity contribution in [2.24, 2.45) is 0 Å². The summed E-state index contributed by atoms with van der Waals surface area (Å²) in [6, 6.07) is 1.45. The summed E-state index contributed by atoms with van der Waals surface area (Å²) in [6.45, 7) is 3.42. The molecule has 0 saturated carbocycles. The van der Waals surface area contributed by atoms with Gasteiger partial charge in [-0.15, -0.1) is 10.2 Å². The van der Waals surface area contributed by atoms with Crippen LogP contribution in [0.1, 0.15) is 12.8 Å². The molecule has 0 aliphatic carbocycles. The van der Waals surface area contributed by atoms with Gasteiger partial charge in [-0.3, -0.25) is 4.79 Å². The van der Waals surface area contributed by atoms with Crippen molar-refractivity contribution in [1.82, 2.24) is 19.4 Å². The number of morpholine rings is 1. The van der Waals surface area contributed by atoms with Gasteiger partial charge in [0, 0.05) is 33.2 Å². The minimum absolute atomic E-state index is 0.176. The van der Waals surface area contributed by atoms with E-state index in [1.165, 1.54) is 13.1 Å². The van der Waals surface area contributed by atoms with Gasteiger partial charge in [-0.25, -0.2) is 8.42 Å². The number of sulfonamides is 1. The van der Waals surface area contributed by atoms with Gasteiger partial charge in [0.2, 0.25) is 5.91 Å². The van der Waals surface area contributed by atoms with Crippen LogP contribution in [-0.2, 0) is 19.6 Å². The van der Waals surface area contributed by atoms with Gasteiger partial charge in [0.05, 0.1) is 24.2 Å². The van der Waals surface area contributed by atoms with Gasteiger partial charge >= 0.3 is 0 Å². The molecule has 0 N–H and O–H groups in total. The van der Waals surface area contributed by atoms with Crippen molar-refractivity contribution < 1.29 is 17.9 Å². The van der Waals surface area contributed by atoms with E-state index in [1.54, 1.807) is 4.90 Å². The van der Waals surface area contributed by atoms with Gasteiger partial charge in [-0.05, 0) is 34.8 Å². The number of ether oxygens (including phenoxy) is 1. The third-order valence-corrected chi connectivity index (χ3v) is 6.77. The summed E-state index contributed by atoms with van der Waals surface area (Å²) < 4.78 is 32.3. The van der Waals surface area contributed by atoms with Crippen LogP contribution in [-0.4, -0.2) is 86.7 Å². The number of hydrogen-bond acceptors (Lipinski definition) is 7. The number of carbonyl (C=O) groups excluding carboxylic acids is 1. The second kappa shape index (κ2) is 8.15. The molecule has 0 bridgehead atoms. The molecule has 2 aliphatic rings. The van der Waals surface area contributed by atoms with Gasteiger partial charge < -0.3 is 14.5 Å². The summed E-state index contributed by atoms with van der Waals surface area (Å²) in [7, 11) is -2.53. The fourth-order valence-electron chi connectivity index (χ4n) is 2.96. The lowest BCUT2D eigenvalue weighted by Gasteiger charge is -2.28. The zero-order valence-corrected chi connectivity index (χ0v) is 17.0. The third kappa shape index (κ3) is 4.16. The maximum atomic E-state index is 12.7. The molecule has 0 aromatic carbocycles. The summed E-state index contributed by atoms with van der Waals surface area (Å²) >= 11 is 3.40. The first kappa shape index (κ1) is 19.5. The van der Waals surface area contributed by atoms with Crippen molar-refractivity contribution in [3.8, 4) is 0 Å². The molecule has 26 heavy (non-hydrogen) atoms. The lowest BCUT2D eigenvalue weighted by Crippen LogP contribution is -2.46. The molecule has 144 valence electrons. The minimum Gasteiger partial charge on any atom is -0.378 e. The molecule has 0 atom stereocenters. The summed E-state index contributed by atoms with van der Waals surface area (Å²) in [5.74, 6) is 0.397. The quantitative estimate of drug-likeness (QED) is 0.640. The average Bonchev–Trinajstić information content (AvgIpc) is 3.16. The van der Waals surface area contributed by atoms with E-state index < -0.39 is 10.0 Å². The van der Waals surface area contributed by atoms with Gasteiger partial charge in [0.1, 0.15) is 0 Å². The molecule has 0 radical (unpaired) electrons. The SMILES string of the molecule is CN(CC(=O)N1CCOCC1)S(=O)(=O)c1cc(Br)c(N2CCCC2)nn1. The van der Waals surface area contributed by atoms with Crippen LogP contribution in [0.5, 0.6) is 0 Å². The van der Waals surface area contributed by atoms with E-state index in [-0.39, 0.29) is 17.5 Å². The molecule has 1 aromatic heterocycles. The van der Waals surface area contributed by atoms with E-state index in [0.29, 0.717) is 36.6 Å². The number of carbonyl (C=O) groups is 1. The minimum atomic E-state index is -3.90. The van der Waals surface area contributed by atoms with Crippen LogP contribution in [0.4, 0.5) is 5.82 Å². The monoisotopic (exact) mass is 447 g/mol. The van der Waals surface area contributed by atoms with Crippen LogP contribution in [0.25, 0.3) is 0 Å². The fourth-order valence-corrected chi connectivity index (χ4v) is 4.67. The molecule has 3 rings (SSSR count). The molecule has 0 unspecified atom stereocenters. The molecule has 11 heteroatoms. The number of amides is 1. The summed E-state index contributed by atoms with van der Waals surface area (Å²) in [5.41, 5.74) is 0. The first-order valence-electron chi connectivity index (χ1n) is 8.49. The lowest BCUT2D eigenvalue weighted by atomic mass is 10.4. The highest BCUT2D eigenvalue weighted by Crippen LogP contribution is 2.28. The van der Waals surface area contributed by atoms with Crippen LogP contribution >= 0.6 is 15.9 Å². The van der Waals surface area contributed by atoms with Crippen LogP contribution in [0, 0.1) is 0 Å². The summed E-state index contributed by atoms with van der Waals surface area (Å²) in [5, 5.41) is 7.81. The topological polar surface area (TPSA) is 95.9 Å². The van der Waals surface area contributed by atoms with E-state index in [1.807, 2.05) is 0 Å². The van der Waals surface area contributed by atoms with Crippen LogP contribution in [0.15, 0.2) is 15.6 Å². The Balaban J connectivity index is 1.72. The van der Waals surface area contributed by atoms with Crippen molar-refractivity contribution in [3.05, 3.63) is 10.5 Å². The molecule has 9 nitrogen and oxygen atoms in total. The molecule has 2 aliphatic heterocycles. The van der Waals surface area contributed by atoms with E-state index in [4.69, 9.17) is 4.74 Å². The zero-order chi connectivity index (χ0) is 18.7. The second-order valence-electron chi connectivity index (χ2n) is 6.30. The van der Waals surface area contributed by atoms with Crippen molar-refractivity contribution in [2.45, 2.75) is 17.9 Å². The second-order valence-corrected chi connectivity index (χ2v) is 9.15. The van der Waals surface area contributed by atoms with Gasteiger partial charge in [-0.2, -0.15) is 4.31 Å². The zero-order valence-electron chi connectivity index (χ0n) is 14.6. The fraction of sp³-hybridized carbons (Fsp3) is 0.667. The number of nitrogens with zero attached hydrogens (tertiary/aromatic N) is 5. The predicted octanol–water partition coefficient (Wildman–Crippen LogP) is 0.319. The highest BCUT2D eigenvalue weighted by Gasteiger charge is 2.29. The largest absolute Gasteiger partial charge is 0.378 e. The Morgan fingerprint density at radius 1 is 1.23 bits per heavy atom. The molecule has 2 fully saturated rings. The normalized spacial score (nSPS) is 18.6. The predicted molar refractivity (Wildman–Crippen MR) is 98.4 cm³/mol. The highest BCUT2D eigenvalue weighted by atomic mass is 79.9. The number of likely N-dealkylation sites (N-methyl/N-ethyl adjacent to an activating group) is 1. The van der Waals surface area contributed by atoms with Gasteiger partial charge in [-0.1, -0.05) is 0 Å². The molecule has 1 amide bonds. The third-order valence-electron chi connectivity index (χ3n) is 4.51. The maximum Gasteiger partial charge on any atom is 0.262 e. The number of anilines is 1. The van der Waals surface area contributed by atoms with Crippen LogP contribution in [0.3, 0.4) is 0 Å². The molecule has 0 spiro atoms. The van der Waals surface area contributed by atoms with E-state index in [0.717, 1.165) is 30.2 Å². The number of halogens is 1. The Kier molecular flexibility index (Phi) is 6.10. The van der Waals surface area contributed by atoms with Crippen molar-refractivity contribution in [2.75, 3.05) is 57.9 Å². The van der Waals surface area contributed by atoms with E-state index in [9.17, 15) is 13.2 Å². The van der Waals surface area contributed by atoms with Crippen LogP contribution < -0.4 is 4.90 Å². The lowest BCUT2D eigenvalue weighted by molar-refractivity contribution is -0.135. The standard InChI is InChI=1S/C15H22BrN5O4S/c1-19(11-14(22)20-6-8-25-9-7-20)26(23,24)13-10-12(16)15(18-17-13)21-4-2-3-5-21/h10H,2-9,11H2,1H3. The number of rotatable bonds is 5. The van der Waals surface area contributed by atoms with Gasteiger partial charge in [0.15, 0.2) is 10.8 Å². The number of aromatic nitrogens is 2. The first-order valence-corrected chi connectivity index (χ1v) is 10.7. The van der Waals surface area contributed by atoms with E-state index >= 15 is 0 Å². The Hall–Kier alpha value is -1.30. The van der Waals surface area contributed by atoms with Crippen LogP contribution in [0.2, 0.25) is 0 Å². The molecule has 1 aromatic rings. The Morgan fingerprint density at radius 2 is 1.88 bits per heavy atom. The van der Waals surface area contributed by atoms with E-state index in [2.05, 4.69) is 31.0 Å². The maximum absolute atomic E-state index is 12.7. The first-order chi connectivity index (χ1) is 12.4. The summed E-state index contributed by atoms with van der Waals surface area (Å²) in [6.07, 6.45) is 2.17.